The van der Waals surface area contributed by atoms with Crippen molar-refractivity contribution in [2.24, 2.45) is 7.05 Å². The fourth-order valence-electron chi connectivity index (χ4n) is 1.77. The second-order valence-corrected chi connectivity index (χ2v) is 5.42. The monoisotopic (exact) mass is 316 g/mol. The van der Waals surface area contributed by atoms with E-state index in [1.165, 1.54) is 17.8 Å². The number of hydrogen-bond donors (Lipinski definition) is 1. The van der Waals surface area contributed by atoms with Gasteiger partial charge in [0.1, 0.15) is 5.82 Å². The van der Waals surface area contributed by atoms with Crippen molar-refractivity contribution in [1.82, 2.24) is 20.1 Å². The van der Waals surface area contributed by atoms with E-state index in [0.29, 0.717) is 23.0 Å². The Labute approximate surface area is 124 Å². The molecule has 0 fully saturated rings. The lowest BCUT2D eigenvalue weighted by Crippen LogP contribution is -2.10. The molecule has 21 heavy (non-hydrogen) atoms. The van der Waals surface area contributed by atoms with Gasteiger partial charge in [-0.05, 0) is 18.7 Å². The molecular formula is C13H15F3N4S. The van der Waals surface area contributed by atoms with E-state index in [9.17, 15) is 13.2 Å². The minimum Gasteiger partial charge on any atom is -0.313 e. The fraction of sp³-hybridized carbons (Fsp3) is 0.385. The molecule has 0 aliphatic rings. The first-order valence-electron chi connectivity index (χ1n) is 6.23. The highest BCUT2D eigenvalue weighted by Crippen LogP contribution is 2.31. The zero-order valence-corrected chi connectivity index (χ0v) is 12.4. The van der Waals surface area contributed by atoms with Crippen molar-refractivity contribution in [1.29, 1.82) is 0 Å². The van der Waals surface area contributed by atoms with Crippen LogP contribution in [0.4, 0.5) is 13.2 Å². The minimum atomic E-state index is -4.31. The molecule has 0 atom stereocenters. The number of halogens is 3. The summed E-state index contributed by atoms with van der Waals surface area (Å²) < 4.78 is 39.8. The van der Waals surface area contributed by atoms with Gasteiger partial charge in [0, 0.05) is 12.8 Å². The first-order valence-corrected chi connectivity index (χ1v) is 7.22. The molecule has 2 rings (SSSR count). The molecule has 0 saturated heterocycles. The van der Waals surface area contributed by atoms with E-state index in [1.54, 1.807) is 6.07 Å². The van der Waals surface area contributed by atoms with Crippen molar-refractivity contribution in [3.05, 3.63) is 41.2 Å². The van der Waals surface area contributed by atoms with E-state index in [0.717, 1.165) is 18.0 Å². The third kappa shape index (κ3) is 3.98. The average molecular weight is 316 g/mol. The van der Waals surface area contributed by atoms with Crippen LogP contribution in [-0.4, -0.2) is 21.8 Å². The number of aromatic nitrogens is 3. The SMILES string of the molecule is CNCc1nnc(SCc2cccc(C(F)(F)F)c2)n1C. The van der Waals surface area contributed by atoms with Gasteiger partial charge in [0.05, 0.1) is 12.1 Å². The quantitative estimate of drug-likeness (QED) is 0.862. The standard InChI is InChI=1S/C13H15F3N4S/c1-17-7-11-18-19-12(20(11)2)21-8-9-4-3-5-10(6-9)13(14,15)16/h3-6,17H,7-8H2,1-2H3. The lowest BCUT2D eigenvalue weighted by molar-refractivity contribution is -0.137. The van der Waals surface area contributed by atoms with E-state index < -0.39 is 11.7 Å². The van der Waals surface area contributed by atoms with E-state index >= 15 is 0 Å². The maximum absolute atomic E-state index is 12.6. The Balaban J connectivity index is 2.06. The highest BCUT2D eigenvalue weighted by atomic mass is 32.2. The van der Waals surface area contributed by atoms with Gasteiger partial charge in [0.15, 0.2) is 5.16 Å². The molecule has 4 nitrogen and oxygen atoms in total. The van der Waals surface area contributed by atoms with Gasteiger partial charge in [-0.15, -0.1) is 10.2 Å². The molecule has 1 heterocycles. The summed E-state index contributed by atoms with van der Waals surface area (Å²) in [6.07, 6.45) is -4.31. The Hall–Kier alpha value is -1.54. The summed E-state index contributed by atoms with van der Waals surface area (Å²) >= 11 is 1.36. The van der Waals surface area contributed by atoms with E-state index in [1.807, 2.05) is 18.7 Å². The predicted molar refractivity (Wildman–Crippen MR) is 74.8 cm³/mol. The minimum absolute atomic E-state index is 0.412. The molecule has 114 valence electrons. The third-order valence-corrected chi connectivity index (χ3v) is 3.97. The first-order chi connectivity index (χ1) is 9.91. The second kappa shape index (κ2) is 6.48. The summed E-state index contributed by atoms with van der Waals surface area (Å²) in [6, 6.07) is 5.33. The summed E-state index contributed by atoms with van der Waals surface area (Å²) in [5.74, 6) is 1.19. The van der Waals surface area contributed by atoms with Crippen LogP contribution in [0.15, 0.2) is 29.4 Å². The molecule has 1 aromatic heterocycles. The van der Waals surface area contributed by atoms with Gasteiger partial charge in [-0.3, -0.25) is 0 Å². The van der Waals surface area contributed by atoms with Crippen LogP contribution in [0.5, 0.6) is 0 Å². The summed E-state index contributed by atoms with van der Waals surface area (Å²) in [5.41, 5.74) is -0.0255. The first kappa shape index (κ1) is 15.8. The smallest absolute Gasteiger partial charge is 0.313 e. The molecule has 0 saturated carbocycles. The number of hydrogen-bond acceptors (Lipinski definition) is 4. The molecular weight excluding hydrogens is 301 g/mol. The molecule has 1 aromatic carbocycles. The molecule has 8 heteroatoms. The second-order valence-electron chi connectivity index (χ2n) is 4.47. The van der Waals surface area contributed by atoms with Gasteiger partial charge in [-0.2, -0.15) is 13.2 Å². The van der Waals surface area contributed by atoms with Crippen molar-refractivity contribution >= 4 is 11.8 Å². The van der Waals surface area contributed by atoms with Crippen molar-refractivity contribution in [3.8, 4) is 0 Å². The molecule has 0 radical (unpaired) electrons. The van der Waals surface area contributed by atoms with Crippen LogP contribution in [0.25, 0.3) is 0 Å². The van der Waals surface area contributed by atoms with Crippen molar-refractivity contribution in [2.45, 2.75) is 23.6 Å². The Bertz CT molecular complexity index is 610. The van der Waals surface area contributed by atoms with Crippen LogP contribution >= 0.6 is 11.8 Å². The van der Waals surface area contributed by atoms with E-state index in [2.05, 4.69) is 15.5 Å². The number of rotatable bonds is 5. The maximum Gasteiger partial charge on any atom is 0.416 e. The molecule has 0 amide bonds. The lowest BCUT2D eigenvalue weighted by Gasteiger charge is -2.08. The van der Waals surface area contributed by atoms with Gasteiger partial charge in [-0.1, -0.05) is 30.0 Å². The molecule has 0 spiro atoms. The number of nitrogens with one attached hydrogen (secondary N) is 1. The number of nitrogens with zero attached hydrogens (tertiary/aromatic N) is 3. The summed E-state index contributed by atoms with van der Waals surface area (Å²) in [5, 5.41) is 11.7. The molecule has 0 unspecified atom stereocenters. The lowest BCUT2D eigenvalue weighted by atomic mass is 10.1. The van der Waals surface area contributed by atoms with Crippen LogP contribution in [0.1, 0.15) is 17.0 Å². The Morgan fingerprint density at radius 1 is 1.29 bits per heavy atom. The van der Waals surface area contributed by atoms with Crippen molar-refractivity contribution in [2.75, 3.05) is 7.05 Å². The van der Waals surface area contributed by atoms with Crippen LogP contribution in [0.3, 0.4) is 0 Å². The van der Waals surface area contributed by atoms with Crippen LogP contribution in [-0.2, 0) is 25.5 Å². The normalized spacial score (nSPS) is 11.9. The van der Waals surface area contributed by atoms with Crippen LogP contribution in [0.2, 0.25) is 0 Å². The zero-order valence-electron chi connectivity index (χ0n) is 11.6. The van der Waals surface area contributed by atoms with Crippen LogP contribution in [0, 0.1) is 0 Å². The Morgan fingerprint density at radius 3 is 2.71 bits per heavy atom. The number of alkyl halides is 3. The van der Waals surface area contributed by atoms with Gasteiger partial charge in [0.2, 0.25) is 0 Å². The molecule has 0 aliphatic heterocycles. The predicted octanol–water partition coefficient (Wildman–Crippen LogP) is 2.85. The van der Waals surface area contributed by atoms with E-state index in [-0.39, 0.29) is 0 Å². The zero-order chi connectivity index (χ0) is 15.5. The Kier molecular flexibility index (Phi) is 4.89. The largest absolute Gasteiger partial charge is 0.416 e. The molecule has 2 aromatic rings. The molecule has 0 aliphatic carbocycles. The highest BCUT2D eigenvalue weighted by Gasteiger charge is 2.30. The van der Waals surface area contributed by atoms with Gasteiger partial charge >= 0.3 is 6.18 Å². The maximum atomic E-state index is 12.6. The molecule has 1 N–H and O–H groups in total. The molecule has 0 bridgehead atoms. The van der Waals surface area contributed by atoms with Crippen molar-refractivity contribution in [3.63, 3.8) is 0 Å². The Morgan fingerprint density at radius 2 is 2.05 bits per heavy atom. The highest BCUT2D eigenvalue weighted by molar-refractivity contribution is 7.98. The average Bonchev–Trinajstić information content (AvgIpc) is 2.78. The van der Waals surface area contributed by atoms with Gasteiger partial charge in [0.25, 0.3) is 0 Å². The summed E-state index contributed by atoms with van der Waals surface area (Å²) in [7, 11) is 3.64. The van der Waals surface area contributed by atoms with Gasteiger partial charge < -0.3 is 9.88 Å². The number of thioether (sulfide) groups is 1. The van der Waals surface area contributed by atoms with Gasteiger partial charge in [-0.25, -0.2) is 0 Å². The topological polar surface area (TPSA) is 42.7 Å². The van der Waals surface area contributed by atoms with E-state index in [4.69, 9.17) is 0 Å². The third-order valence-electron chi connectivity index (χ3n) is 2.88. The summed E-state index contributed by atoms with van der Waals surface area (Å²) in [4.78, 5) is 0. The van der Waals surface area contributed by atoms with Crippen LogP contribution < -0.4 is 5.32 Å². The van der Waals surface area contributed by atoms with Crippen molar-refractivity contribution < 1.29 is 13.2 Å². The summed E-state index contributed by atoms with van der Waals surface area (Å²) in [6.45, 7) is 0.591. The fourth-order valence-corrected chi connectivity index (χ4v) is 2.64. The number of benzene rings is 1.